The third-order valence-electron chi connectivity index (χ3n) is 3.79. The Labute approximate surface area is 153 Å². The first-order chi connectivity index (χ1) is 12.5. The van der Waals surface area contributed by atoms with Crippen LogP contribution in [0.3, 0.4) is 0 Å². The lowest BCUT2D eigenvalue weighted by Gasteiger charge is -2.14. The van der Waals surface area contributed by atoms with Gasteiger partial charge in [-0.1, -0.05) is 30.0 Å². The Bertz CT molecular complexity index is 1010. The number of aryl methyl sites for hydroxylation is 1. The highest BCUT2D eigenvalue weighted by Gasteiger charge is 2.13. The lowest BCUT2D eigenvalue weighted by atomic mass is 10.2. The van der Waals surface area contributed by atoms with E-state index < -0.39 is 11.6 Å². The van der Waals surface area contributed by atoms with Crippen LogP contribution in [0, 0.1) is 18.6 Å². The number of halogens is 2. The van der Waals surface area contributed by atoms with Crippen LogP contribution in [-0.4, -0.2) is 15.8 Å². The molecule has 0 saturated carbocycles. The summed E-state index contributed by atoms with van der Waals surface area (Å²) in [7, 11) is 0. The predicted molar refractivity (Wildman–Crippen MR) is 97.0 cm³/mol. The normalized spacial score (nSPS) is 10.8. The molecule has 0 aliphatic rings. The summed E-state index contributed by atoms with van der Waals surface area (Å²) in [5.74, 6) is -1.27. The second kappa shape index (κ2) is 7.70. The summed E-state index contributed by atoms with van der Waals surface area (Å²) in [6.07, 6.45) is 1.81. The number of ether oxygens (including phenoxy) is 1. The fourth-order valence-electron chi connectivity index (χ4n) is 2.48. The molecule has 0 unspecified atom stereocenters. The lowest BCUT2D eigenvalue weighted by molar-refractivity contribution is 0.283. The molecule has 0 amide bonds. The van der Waals surface area contributed by atoms with E-state index in [1.54, 1.807) is 6.26 Å². The van der Waals surface area contributed by atoms with Gasteiger partial charge in [0.15, 0.2) is 5.16 Å². The van der Waals surface area contributed by atoms with Crippen LogP contribution in [0.25, 0.3) is 5.69 Å². The van der Waals surface area contributed by atoms with E-state index >= 15 is 0 Å². The Morgan fingerprint density at radius 2 is 1.92 bits per heavy atom. The van der Waals surface area contributed by atoms with E-state index in [-0.39, 0.29) is 23.6 Å². The van der Waals surface area contributed by atoms with Crippen LogP contribution in [0.5, 0.6) is 5.88 Å². The minimum atomic E-state index is -0.705. The Morgan fingerprint density at radius 3 is 2.62 bits per heavy atom. The van der Waals surface area contributed by atoms with Crippen molar-refractivity contribution in [1.29, 1.82) is 0 Å². The standard InChI is InChI=1S/C19H16F2N2O2S/c1-12-5-3-4-6-16(12)23-18(24)10-17(22-19(23)26-2)25-11-13-7-8-14(20)9-15(13)21/h3-10H,11H2,1-2H3. The average Bonchev–Trinajstić information content (AvgIpc) is 2.61. The van der Waals surface area contributed by atoms with E-state index in [1.807, 2.05) is 31.2 Å². The summed E-state index contributed by atoms with van der Waals surface area (Å²) >= 11 is 1.30. The van der Waals surface area contributed by atoms with Gasteiger partial charge in [0.1, 0.15) is 18.2 Å². The molecule has 7 heteroatoms. The van der Waals surface area contributed by atoms with Crippen molar-refractivity contribution in [3.8, 4) is 11.6 Å². The molecule has 0 spiro atoms. The number of aromatic nitrogens is 2. The number of rotatable bonds is 5. The molecule has 0 fully saturated rings. The fraction of sp³-hybridized carbons (Fsp3) is 0.158. The Hall–Kier alpha value is -2.67. The zero-order chi connectivity index (χ0) is 18.7. The molecule has 3 aromatic rings. The van der Waals surface area contributed by atoms with Crippen LogP contribution in [0.2, 0.25) is 0 Å². The zero-order valence-corrected chi connectivity index (χ0v) is 15.0. The Morgan fingerprint density at radius 1 is 1.15 bits per heavy atom. The second-order valence-electron chi connectivity index (χ2n) is 5.57. The molecule has 0 aliphatic heterocycles. The second-order valence-corrected chi connectivity index (χ2v) is 6.34. The van der Waals surface area contributed by atoms with Gasteiger partial charge in [0.25, 0.3) is 5.56 Å². The van der Waals surface area contributed by atoms with Crippen molar-refractivity contribution in [1.82, 2.24) is 9.55 Å². The number of nitrogens with zero attached hydrogens (tertiary/aromatic N) is 2. The quantitative estimate of drug-likeness (QED) is 0.498. The van der Waals surface area contributed by atoms with E-state index in [1.165, 1.54) is 28.5 Å². The summed E-state index contributed by atoms with van der Waals surface area (Å²) in [4.78, 5) is 16.9. The molecule has 134 valence electrons. The first kappa shape index (κ1) is 18.1. The molecule has 1 aromatic heterocycles. The van der Waals surface area contributed by atoms with Crippen molar-refractivity contribution >= 4 is 11.8 Å². The number of thioether (sulfide) groups is 1. The maximum atomic E-state index is 13.7. The Balaban J connectivity index is 1.92. The number of hydrogen-bond acceptors (Lipinski definition) is 4. The topological polar surface area (TPSA) is 44.1 Å². The third-order valence-corrected chi connectivity index (χ3v) is 4.43. The maximum absolute atomic E-state index is 13.7. The molecule has 0 atom stereocenters. The molecular formula is C19H16F2N2O2S. The molecule has 4 nitrogen and oxygen atoms in total. The summed E-state index contributed by atoms with van der Waals surface area (Å²) in [6, 6.07) is 12.0. The minimum absolute atomic E-state index is 0.0907. The monoisotopic (exact) mass is 374 g/mol. The summed E-state index contributed by atoms with van der Waals surface area (Å²) in [5.41, 5.74) is 1.56. The van der Waals surface area contributed by atoms with Gasteiger partial charge in [-0.25, -0.2) is 8.78 Å². The third kappa shape index (κ3) is 3.77. The minimum Gasteiger partial charge on any atom is -0.472 e. The molecule has 26 heavy (non-hydrogen) atoms. The van der Waals surface area contributed by atoms with Crippen LogP contribution in [-0.2, 0) is 6.61 Å². The smallest absolute Gasteiger partial charge is 0.262 e. The van der Waals surface area contributed by atoms with E-state index in [0.717, 1.165) is 23.4 Å². The largest absolute Gasteiger partial charge is 0.472 e. The number of hydrogen-bond donors (Lipinski definition) is 0. The molecule has 2 aromatic carbocycles. The average molecular weight is 374 g/mol. The molecule has 1 heterocycles. The zero-order valence-electron chi connectivity index (χ0n) is 14.2. The lowest BCUT2D eigenvalue weighted by Crippen LogP contribution is -2.21. The first-order valence-electron chi connectivity index (χ1n) is 7.80. The highest BCUT2D eigenvalue weighted by molar-refractivity contribution is 7.98. The maximum Gasteiger partial charge on any atom is 0.262 e. The van der Waals surface area contributed by atoms with E-state index in [0.29, 0.717) is 5.16 Å². The van der Waals surface area contributed by atoms with Crippen LogP contribution < -0.4 is 10.3 Å². The van der Waals surface area contributed by atoms with Crippen molar-refractivity contribution in [2.75, 3.05) is 6.26 Å². The summed E-state index contributed by atoms with van der Waals surface area (Å²) < 4.78 is 33.6. The van der Waals surface area contributed by atoms with Crippen LogP contribution in [0.1, 0.15) is 11.1 Å². The van der Waals surface area contributed by atoms with Crippen LogP contribution >= 0.6 is 11.8 Å². The van der Waals surface area contributed by atoms with Crippen molar-refractivity contribution in [3.05, 3.63) is 81.6 Å². The molecule has 3 rings (SSSR count). The van der Waals surface area contributed by atoms with Gasteiger partial charge in [-0.05, 0) is 36.9 Å². The van der Waals surface area contributed by atoms with Crippen molar-refractivity contribution in [2.45, 2.75) is 18.7 Å². The molecule has 0 radical (unpaired) electrons. The van der Waals surface area contributed by atoms with Gasteiger partial charge in [0.05, 0.1) is 11.8 Å². The molecule has 0 bridgehead atoms. The highest BCUT2D eigenvalue weighted by Crippen LogP contribution is 2.21. The van der Waals surface area contributed by atoms with Crippen molar-refractivity contribution in [2.24, 2.45) is 0 Å². The van der Waals surface area contributed by atoms with Gasteiger partial charge >= 0.3 is 0 Å². The highest BCUT2D eigenvalue weighted by atomic mass is 32.2. The van der Waals surface area contributed by atoms with Gasteiger partial charge in [0, 0.05) is 11.6 Å². The SMILES string of the molecule is CSc1nc(OCc2ccc(F)cc2F)cc(=O)n1-c1ccccc1C. The Kier molecular flexibility index (Phi) is 5.37. The predicted octanol–water partition coefficient (Wildman–Crippen LogP) is 4.12. The van der Waals surface area contributed by atoms with Gasteiger partial charge in [-0.15, -0.1) is 0 Å². The van der Waals surface area contributed by atoms with Gasteiger partial charge in [-0.3, -0.25) is 9.36 Å². The molecule has 0 aliphatic carbocycles. The first-order valence-corrected chi connectivity index (χ1v) is 9.03. The molecule has 0 saturated heterocycles. The number of para-hydroxylation sites is 1. The van der Waals surface area contributed by atoms with E-state index in [4.69, 9.17) is 4.74 Å². The van der Waals surface area contributed by atoms with E-state index in [2.05, 4.69) is 4.98 Å². The molecular weight excluding hydrogens is 358 g/mol. The van der Waals surface area contributed by atoms with Gasteiger partial charge in [-0.2, -0.15) is 4.98 Å². The molecule has 0 N–H and O–H groups in total. The van der Waals surface area contributed by atoms with Crippen molar-refractivity contribution in [3.63, 3.8) is 0 Å². The summed E-state index contributed by atoms with van der Waals surface area (Å²) in [5, 5.41) is 0.460. The van der Waals surface area contributed by atoms with Crippen LogP contribution in [0.4, 0.5) is 8.78 Å². The van der Waals surface area contributed by atoms with E-state index in [9.17, 15) is 13.6 Å². The van der Waals surface area contributed by atoms with Crippen molar-refractivity contribution < 1.29 is 13.5 Å². The number of benzene rings is 2. The van der Waals surface area contributed by atoms with Crippen LogP contribution in [0.15, 0.2) is 58.5 Å². The summed E-state index contributed by atoms with van der Waals surface area (Å²) in [6.45, 7) is 1.76. The van der Waals surface area contributed by atoms with Gasteiger partial charge in [0.2, 0.25) is 5.88 Å². The van der Waals surface area contributed by atoms with Gasteiger partial charge < -0.3 is 4.74 Å². The fourth-order valence-corrected chi connectivity index (χ4v) is 3.03.